The van der Waals surface area contributed by atoms with Crippen molar-refractivity contribution in [2.75, 3.05) is 5.32 Å². The summed E-state index contributed by atoms with van der Waals surface area (Å²) in [4.78, 5) is 16.7. The molecule has 0 aliphatic carbocycles. The fourth-order valence-corrected chi connectivity index (χ4v) is 3.81. The van der Waals surface area contributed by atoms with E-state index < -0.39 is 28.9 Å². The molecular weight excluding hydrogens is 436 g/mol. The normalized spacial score (nSPS) is 11.2. The first kappa shape index (κ1) is 18.7. The number of thiazole rings is 1. The summed E-state index contributed by atoms with van der Waals surface area (Å²) in [5.74, 6) is -5.86. The lowest BCUT2D eigenvalue weighted by Crippen LogP contribution is -2.16. The van der Waals surface area contributed by atoms with Gasteiger partial charge in [0.25, 0.3) is 11.9 Å². The van der Waals surface area contributed by atoms with Gasteiger partial charge in [-0.1, -0.05) is 23.2 Å². The molecular formula is C17H7Cl2F3N4OS. The van der Waals surface area contributed by atoms with E-state index in [9.17, 15) is 18.0 Å². The maximum Gasteiger partial charge on any atom is 0.261 e. The van der Waals surface area contributed by atoms with Gasteiger partial charge in [0.1, 0.15) is 0 Å². The summed E-state index contributed by atoms with van der Waals surface area (Å²) in [7, 11) is 0. The third kappa shape index (κ3) is 3.21. The fourth-order valence-electron chi connectivity index (χ4n) is 2.49. The highest BCUT2D eigenvalue weighted by Gasteiger charge is 2.21. The lowest BCUT2D eigenvalue weighted by Gasteiger charge is -2.04. The summed E-state index contributed by atoms with van der Waals surface area (Å²) in [6.07, 6.45) is 0. The van der Waals surface area contributed by atoms with Crippen molar-refractivity contribution in [3.63, 3.8) is 0 Å². The molecule has 4 aromatic rings. The predicted molar refractivity (Wildman–Crippen MR) is 101 cm³/mol. The van der Waals surface area contributed by atoms with Crippen molar-refractivity contribution in [1.29, 1.82) is 0 Å². The molecule has 2 aromatic heterocycles. The SMILES string of the molecule is O=C(Nc1nc2scc(-c3ccc(Cl)cc3Cl)n2n1)c1ccc(F)c(F)c1F. The number of nitrogens with one attached hydrogen (secondary N) is 1. The molecule has 1 N–H and O–H groups in total. The van der Waals surface area contributed by atoms with Crippen LogP contribution in [0.2, 0.25) is 10.0 Å². The van der Waals surface area contributed by atoms with Gasteiger partial charge < -0.3 is 0 Å². The largest absolute Gasteiger partial charge is 0.289 e. The third-order valence-electron chi connectivity index (χ3n) is 3.79. The molecule has 1 amide bonds. The van der Waals surface area contributed by atoms with Gasteiger partial charge in [-0.05, 0) is 30.3 Å². The quantitative estimate of drug-likeness (QED) is 0.430. The molecule has 0 fully saturated rings. The first-order valence-corrected chi connectivity index (χ1v) is 9.23. The van der Waals surface area contributed by atoms with Crippen molar-refractivity contribution in [3.8, 4) is 11.3 Å². The Bertz CT molecular complexity index is 1240. The molecule has 0 aliphatic rings. The molecule has 28 heavy (non-hydrogen) atoms. The molecule has 142 valence electrons. The monoisotopic (exact) mass is 442 g/mol. The molecule has 0 saturated carbocycles. The standard InChI is InChI=1S/C17H7Cl2F3N4OS/c18-7-1-2-8(10(19)5-7)12-6-28-17-24-16(25-26(12)17)23-15(27)9-3-4-11(20)14(22)13(9)21/h1-6H,(H,23,25,27). The molecule has 5 nitrogen and oxygen atoms in total. The number of amides is 1. The Morgan fingerprint density at radius 1 is 1.11 bits per heavy atom. The van der Waals surface area contributed by atoms with Crippen molar-refractivity contribution < 1.29 is 18.0 Å². The Kier molecular flexibility index (Phi) is 4.74. The van der Waals surface area contributed by atoms with E-state index in [1.165, 1.54) is 15.9 Å². The van der Waals surface area contributed by atoms with Crippen LogP contribution in [0.3, 0.4) is 0 Å². The van der Waals surface area contributed by atoms with Crippen LogP contribution in [0.4, 0.5) is 19.1 Å². The zero-order valence-corrected chi connectivity index (χ0v) is 15.8. The van der Waals surface area contributed by atoms with Gasteiger partial charge in [-0.3, -0.25) is 10.1 Å². The molecule has 0 unspecified atom stereocenters. The van der Waals surface area contributed by atoms with Crippen molar-refractivity contribution in [2.24, 2.45) is 0 Å². The van der Waals surface area contributed by atoms with Crippen LogP contribution in [0.25, 0.3) is 16.2 Å². The Morgan fingerprint density at radius 2 is 1.89 bits per heavy atom. The van der Waals surface area contributed by atoms with Gasteiger partial charge in [-0.2, -0.15) is 4.98 Å². The van der Waals surface area contributed by atoms with E-state index in [2.05, 4.69) is 15.4 Å². The maximum absolute atomic E-state index is 13.8. The third-order valence-corrected chi connectivity index (χ3v) is 5.16. The molecule has 2 heterocycles. The van der Waals surface area contributed by atoms with Crippen molar-refractivity contribution in [3.05, 3.63) is 68.8 Å². The van der Waals surface area contributed by atoms with E-state index >= 15 is 0 Å². The Labute approximate surface area is 169 Å². The number of anilines is 1. The average Bonchev–Trinajstić information content (AvgIpc) is 3.20. The Morgan fingerprint density at radius 3 is 2.64 bits per heavy atom. The molecule has 0 aliphatic heterocycles. The van der Waals surface area contributed by atoms with Gasteiger partial charge >= 0.3 is 0 Å². The molecule has 0 saturated heterocycles. The van der Waals surface area contributed by atoms with Crippen LogP contribution in [0, 0.1) is 17.5 Å². The number of carbonyl (C=O) groups is 1. The summed E-state index contributed by atoms with van der Waals surface area (Å²) in [5, 5.41) is 9.06. The van der Waals surface area contributed by atoms with Gasteiger partial charge in [-0.15, -0.1) is 16.4 Å². The predicted octanol–water partition coefficient (Wildman–Crippen LogP) is 5.43. The number of halogens is 5. The highest BCUT2D eigenvalue weighted by atomic mass is 35.5. The van der Waals surface area contributed by atoms with Crippen LogP contribution in [0.15, 0.2) is 35.7 Å². The van der Waals surface area contributed by atoms with Crippen LogP contribution in [-0.4, -0.2) is 20.5 Å². The van der Waals surface area contributed by atoms with Gasteiger partial charge in [0.2, 0.25) is 4.96 Å². The first-order chi connectivity index (χ1) is 13.3. The van der Waals surface area contributed by atoms with E-state index in [1.807, 2.05) is 0 Å². The summed E-state index contributed by atoms with van der Waals surface area (Å²) in [6.45, 7) is 0. The minimum atomic E-state index is -1.73. The fraction of sp³-hybridized carbons (Fsp3) is 0. The second-order valence-electron chi connectivity index (χ2n) is 5.55. The van der Waals surface area contributed by atoms with E-state index in [1.54, 1.807) is 23.6 Å². The van der Waals surface area contributed by atoms with E-state index in [0.29, 0.717) is 32.3 Å². The van der Waals surface area contributed by atoms with Gasteiger partial charge in [0.15, 0.2) is 17.5 Å². The second-order valence-corrected chi connectivity index (χ2v) is 7.23. The number of hydrogen-bond donors (Lipinski definition) is 1. The number of aromatic nitrogens is 3. The van der Waals surface area contributed by atoms with Crippen molar-refractivity contribution in [1.82, 2.24) is 14.6 Å². The highest BCUT2D eigenvalue weighted by molar-refractivity contribution is 7.15. The number of nitrogens with zero attached hydrogens (tertiary/aromatic N) is 3. The molecule has 0 spiro atoms. The zero-order chi connectivity index (χ0) is 20.0. The Hall–Kier alpha value is -2.62. The number of rotatable bonds is 3. The van der Waals surface area contributed by atoms with Crippen LogP contribution >= 0.6 is 34.5 Å². The van der Waals surface area contributed by atoms with Gasteiger partial charge in [0, 0.05) is 16.0 Å². The lowest BCUT2D eigenvalue weighted by molar-refractivity contribution is 0.102. The minimum Gasteiger partial charge on any atom is -0.289 e. The number of hydrogen-bond acceptors (Lipinski definition) is 4. The average molecular weight is 443 g/mol. The zero-order valence-electron chi connectivity index (χ0n) is 13.5. The van der Waals surface area contributed by atoms with Crippen LogP contribution < -0.4 is 5.32 Å². The van der Waals surface area contributed by atoms with Crippen molar-refractivity contribution >= 4 is 51.4 Å². The maximum atomic E-state index is 13.8. The van der Waals surface area contributed by atoms with E-state index in [4.69, 9.17) is 23.2 Å². The molecule has 2 aromatic carbocycles. The first-order valence-electron chi connectivity index (χ1n) is 7.59. The minimum absolute atomic E-state index is 0.132. The molecule has 4 rings (SSSR count). The summed E-state index contributed by atoms with van der Waals surface area (Å²) in [5.41, 5.74) is 0.582. The molecule has 0 bridgehead atoms. The van der Waals surface area contributed by atoms with Crippen molar-refractivity contribution in [2.45, 2.75) is 0 Å². The molecule has 0 radical (unpaired) electrons. The summed E-state index contributed by atoms with van der Waals surface area (Å²) in [6, 6.07) is 6.45. The van der Waals surface area contributed by atoms with E-state index in [0.717, 1.165) is 6.07 Å². The number of fused-ring (bicyclic) bond motifs is 1. The highest BCUT2D eigenvalue weighted by Crippen LogP contribution is 2.33. The molecule has 0 atom stereocenters. The Balaban J connectivity index is 1.67. The van der Waals surface area contributed by atoms with Crippen LogP contribution in [0.1, 0.15) is 10.4 Å². The van der Waals surface area contributed by atoms with Crippen LogP contribution in [-0.2, 0) is 0 Å². The number of carbonyl (C=O) groups excluding carboxylic acids is 1. The van der Waals surface area contributed by atoms with Gasteiger partial charge in [-0.25, -0.2) is 17.7 Å². The lowest BCUT2D eigenvalue weighted by atomic mass is 10.2. The smallest absolute Gasteiger partial charge is 0.261 e. The summed E-state index contributed by atoms with van der Waals surface area (Å²) < 4.78 is 41.6. The van der Waals surface area contributed by atoms with Gasteiger partial charge in [0.05, 0.1) is 16.3 Å². The topological polar surface area (TPSA) is 59.3 Å². The molecule has 11 heteroatoms. The van der Waals surface area contributed by atoms with Crippen LogP contribution in [0.5, 0.6) is 0 Å². The number of benzene rings is 2. The summed E-state index contributed by atoms with van der Waals surface area (Å²) >= 11 is 13.4. The second kappa shape index (κ2) is 7.08. The van der Waals surface area contributed by atoms with E-state index in [-0.39, 0.29) is 5.95 Å².